The summed E-state index contributed by atoms with van der Waals surface area (Å²) in [6.45, 7) is 1.62. The molecule has 0 fully saturated rings. The number of halogens is 1. The zero-order valence-electron chi connectivity index (χ0n) is 9.30. The van der Waals surface area contributed by atoms with Gasteiger partial charge in [0.1, 0.15) is 5.82 Å². The van der Waals surface area contributed by atoms with Crippen molar-refractivity contribution in [2.45, 2.75) is 22.8 Å². The van der Waals surface area contributed by atoms with Crippen molar-refractivity contribution >= 4 is 11.8 Å². The van der Waals surface area contributed by atoms with Gasteiger partial charge in [0, 0.05) is 22.2 Å². The Labute approximate surface area is 104 Å². The molecule has 0 aliphatic heterocycles. The van der Waals surface area contributed by atoms with Crippen LogP contribution in [0, 0.1) is 5.82 Å². The maximum absolute atomic E-state index is 13.7. The van der Waals surface area contributed by atoms with Gasteiger partial charge < -0.3 is 5.11 Å². The summed E-state index contributed by atoms with van der Waals surface area (Å²) in [4.78, 5) is 5.38. The fraction of sp³-hybridized carbons (Fsp3) is 0.154. The number of nitrogens with zero attached hydrogens (tertiary/aromatic N) is 1. The number of benzene rings is 1. The molecule has 2 rings (SSSR count). The van der Waals surface area contributed by atoms with Crippen molar-refractivity contribution in [3.8, 4) is 0 Å². The van der Waals surface area contributed by atoms with Crippen LogP contribution in [0.5, 0.6) is 0 Å². The average Bonchev–Trinajstić information content (AvgIpc) is 2.33. The number of hydrogen-bond acceptors (Lipinski definition) is 3. The normalized spacial score (nSPS) is 12.4. The van der Waals surface area contributed by atoms with E-state index >= 15 is 0 Å². The molecule has 2 aromatic rings. The Morgan fingerprint density at radius 2 is 1.94 bits per heavy atom. The van der Waals surface area contributed by atoms with Crippen LogP contribution in [-0.4, -0.2) is 10.1 Å². The second-order valence-corrected chi connectivity index (χ2v) is 4.77. The Balaban J connectivity index is 2.23. The van der Waals surface area contributed by atoms with Gasteiger partial charge in [-0.15, -0.1) is 0 Å². The zero-order valence-corrected chi connectivity index (χ0v) is 10.1. The molecule has 1 aromatic carbocycles. The third kappa shape index (κ3) is 3.05. The van der Waals surface area contributed by atoms with Gasteiger partial charge in [-0.2, -0.15) is 0 Å². The maximum atomic E-state index is 13.7. The van der Waals surface area contributed by atoms with E-state index in [9.17, 15) is 9.50 Å². The van der Waals surface area contributed by atoms with Crippen LogP contribution >= 0.6 is 11.8 Å². The second kappa shape index (κ2) is 5.29. The van der Waals surface area contributed by atoms with Crippen LogP contribution in [0.1, 0.15) is 18.6 Å². The Bertz CT molecular complexity index is 502. The molecular weight excluding hydrogens is 237 g/mol. The fourth-order valence-corrected chi connectivity index (χ4v) is 2.20. The van der Waals surface area contributed by atoms with Gasteiger partial charge in [0.05, 0.1) is 6.10 Å². The molecule has 0 saturated carbocycles. The molecule has 4 heteroatoms. The first-order chi connectivity index (χ1) is 8.16. The predicted octanol–water partition coefficient (Wildman–Crippen LogP) is 3.43. The van der Waals surface area contributed by atoms with Crippen LogP contribution in [0.25, 0.3) is 0 Å². The number of aromatic nitrogens is 1. The van der Waals surface area contributed by atoms with Gasteiger partial charge in [-0.1, -0.05) is 17.8 Å². The summed E-state index contributed by atoms with van der Waals surface area (Å²) < 4.78 is 13.7. The van der Waals surface area contributed by atoms with E-state index in [0.717, 1.165) is 4.90 Å². The highest BCUT2D eigenvalue weighted by Crippen LogP contribution is 2.30. The van der Waals surface area contributed by atoms with Gasteiger partial charge in [-0.3, -0.25) is 4.98 Å². The summed E-state index contributed by atoms with van der Waals surface area (Å²) in [5, 5.41) is 9.35. The largest absolute Gasteiger partial charge is 0.389 e. The maximum Gasteiger partial charge on any atom is 0.137 e. The quantitative estimate of drug-likeness (QED) is 0.904. The van der Waals surface area contributed by atoms with E-state index in [1.54, 1.807) is 31.5 Å². The first kappa shape index (κ1) is 12.1. The lowest BCUT2D eigenvalue weighted by Crippen LogP contribution is -1.92. The summed E-state index contributed by atoms with van der Waals surface area (Å²) in [7, 11) is 0. The molecule has 0 spiro atoms. The molecule has 0 radical (unpaired) electrons. The summed E-state index contributed by atoms with van der Waals surface area (Å²) in [5.41, 5.74) is 0.585. The van der Waals surface area contributed by atoms with E-state index < -0.39 is 6.10 Å². The van der Waals surface area contributed by atoms with E-state index in [-0.39, 0.29) is 5.82 Å². The zero-order chi connectivity index (χ0) is 12.3. The molecule has 17 heavy (non-hydrogen) atoms. The minimum absolute atomic E-state index is 0.315. The van der Waals surface area contributed by atoms with Gasteiger partial charge in [0.15, 0.2) is 0 Å². The molecule has 0 aliphatic rings. The number of aliphatic hydroxyl groups is 1. The van der Waals surface area contributed by atoms with Crippen molar-refractivity contribution in [3.05, 3.63) is 54.1 Å². The molecular formula is C13H12FNOS. The van der Waals surface area contributed by atoms with Crippen LogP contribution in [0.4, 0.5) is 4.39 Å². The second-order valence-electron chi connectivity index (χ2n) is 3.65. The molecule has 0 aliphatic carbocycles. The van der Waals surface area contributed by atoms with Crippen LogP contribution in [0.2, 0.25) is 0 Å². The van der Waals surface area contributed by atoms with E-state index in [2.05, 4.69) is 4.98 Å². The molecule has 1 heterocycles. The van der Waals surface area contributed by atoms with Crippen LogP contribution in [0.15, 0.2) is 52.5 Å². The van der Waals surface area contributed by atoms with Crippen LogP contribution in [0.3, 0.4) is 0 Å². The molecule has 1 N–H and O–H groups in total. The van der Waals surface area contributed by atoms with Crippen LogP contribution < -0.4 is 0 Å². The lowest BCUT2D eigenvalue weighted by Gasteiger charge is -2.07. The highest BCUT2D eigenvalue weighted by Gasteiger charge is 2.08. The Morgan fingerprint density at radius 1 is 1.24 bits per heavy atom. The van der Waals surface area contributed by atoms with Crippen molar-refractivity contribution in [2.75, 3.05) is 0 Å². The lowest BCUT2D eigenvalue weighted by molar-refractivity contribution is 0.198. The number of pyridine rings is 1. The third-order valence-corrected chi connectivity index (χ3v) is 3.37. The van der Waals surface area contributed by atoms with Crippen molar-refractivity contribution in [3.63, 3.8) is 0 Å². The summed E-state index contributed by atoms with van der Waals surface area (Å²) in [5.74, 6) is -0.315. The third-order valence-electron chi connectivity index (χ3n) is 2.32. The van der Waals surface area contributed by atoms with E-state index in [1.807, 2.05) is 12.1 Å². The van der Waals surface area contributed by atoms with Gasteiger partial charge in [0.2, 0.25) is 0 Å². The molecule has 0 amide bonds. The fourth-order valence-electron chi connectivity index (χ4n) is 1.39. The number of rotatable bonds is 3. The van der Waals surface area contributed by atoms with Gasteiger partial charge in [-0.05, 0) is 36.8 Å². The van der Waals surface area contributed by atoms with Gasteiger partial charge >= 0.3 is 0 Å². The van der Waals surface area contributed by atoms with Gasteiger partial charge in [0.25, 0.3) is 0 Å². The van der Waals surface area contributed by atoms with E-state index in [0.29, 0.717) is 10.5 Å². The molecule has 2 nitrogen and oxygen atoms in total. The summed E-state index contributed by atoms with van der Waals surface area (Å²) >= 11 is 1.34. The highest BCUT2D eigenvalue weighted by atomic mass is 32.2. The Kier molecular flexibility index (Phi) is 3.76. The van der Waals surface area contributed by atoms with Crippen LogP contribution in [-0.2, 0) is 0 Å². The topological polar surface area (TPSA) is 33.1 Å². The Hall–Kier alpha value is -1.39. The molecule has 88 valence electrons. The van der Waals surface area contributed by atoms with E-state index in [4.69, 9.17) is 0 Å². The van der Waals surface area contributed by atoms with Crippen molar-refractivity contribution in [1.82, 2.24) is 4.98 Å². The van der Waals surface area contributed by atoms with E-state index in [1.165, 1.54) is 17.8 Å². The summed E-state index contributed by atoms with van der Waals surface area (Å²) in [6, 6.07) is 8.44. The molecule has 0 bridgehead atoms. The first-order valence-electron chi connectivity index (χ1n) is 5.22. The minimum Gasteiger partial charge on any atom is -0.389 e. The SMILES string of the molecule is C[C@@H](O)c1ccc(Sc2ccncc2)c(F)c1. The molecule has 0 saturated heterocycles. The summed E-state index contributed by atoms with van der Waals surface area (Å²) in [6.07, 6.45) is 2.69. The van der Waals surface area contributed by atoms with Crippen molar-refractivity contribution in [1.29, 1.82) is 0 Å². The Morgan fingerprint density at radius 3 is 2.53 bits per heavy atom. The molecule has 1 aromatic heterocycles. The first-order valence-corrected chi connectivity index (χ1v) is 6.04. The minimum atomic E-state index is -0.649. The lowest BCUT2D eigenvalue weighted by atomic mass is 10.1. The van der Waals surface area contributed by atoms with Crippen molar-refractivity contribution in [2.24, 2.45) is 0 Å². The van der Waals surface area contributed by atoms with Crippen molar-refractivity contribution < 1.29 is 9.50 Å². The number of hydrogen-bond donors (Lipinski definition) is 1. The predicted molar refractivity (Wildman–Crippen MR) is 65.4 cm³/mol. The smallest absolute Gasteiger partial charge is 0.137 e. The van der Waals surface area contributed by atoms with Gasteiger partial charge in [-0.25, -0.2) is 4.39 Å². The average molecular weight is 249 g/mol. The monoisotopic (exact) mass is 249 g/mol. The molecule has 1 atom stereocenters. The highest BCUT2D eigenvalue weighted by molar-refractivity contribution is 7.99. The number of aliphatic hydroxyl groups excluding tert-OH is 1. The molecule has 0 unspecified atom stereocenters. The standard InChI is InChI=1S/C13H12FNOS/c1-9(16)10-2-3-13(12(14)8-10)17-11-4-6-15-7-5-11/h2-9,16H,1H3/t9-/m1/s1.